The molecule has 2 rings (SSSR count). The molecule has 0 heterocycles. The van der Waals surface area contributed by atoms with Crippen molar-refractivity contribution >= 4 is 17.6 Å². The van der Waals surface area contributed by atoms with E-state index in [1.165, 1.54) is 20.0 Å². The molecule has 0 unspecified atom stereocenters. The number of halogens is 1. The number of hydrogen-bond donors (Lipinski definition) is 0. The van der Waals surface area contributed by atoms with Gasteiger partial charge in [0.25, 0.3) is 0 Å². The highest BCUT2D eigenvalue weighted by atomic mass is 35.5. The van der Waals surface area contributed by atoms with Crippen LogP contribution < -0.4 is 0 Å². The van der Waals surface area contributed by atoms with Crippen LogP contribution in [-0.4, -0.2) is 18.0 Å². The maximum atomic E-state index is 11.3. The molecule has 2 nitrogen and oxygen atoms in total. The second-order valence-corrected chi connectivity index (χ2v) is 4.38. The highest BCUT2D eigenvalue weighted by Crippen LogP contribution is 2.63. The standard InChI is InChI=1S/C9H13ClO2/c1-12-8(11)9(10)6-4-2-3-5-7(6)9/h6-7H,2-5H2,1H3/t6-,7-/m1/s1. The minimum Gasteiger partial charge on any atom is -0.468 e. The Balaban J connectivity index is 2.10. The van der Waals surface area contributed by atoms with Crippen molar-refractivity contribution in [3.8, 4) is 0 Å². The number of methoxy groups -OCH3 is 1. The molecule has 0 saturated heterocycles. The van der Waals surface area contributed by atoms with E-state index >= 15 is 0 Å². The van der Waals surface area contributed by atoms with Gasteiger partial charge in [0, 0.05) is 0 Å². The average Bonchev–Trinajstić information content (AvgIpc) is 2.74. The smallest absolute Gasteiger partial charge is 0.327 e. The van der Waals surface area contributed by atoms with Crippen molar-refractivity contribution < 1.29 is 9.53 Å². The van der Waals surface area contributed by atoms with Crippen LogP contribution in [-0.2, 0) is 9.53 Å². The Morgan fingerprint density at radius 2 is 1.92 bits per heavy atom. The average molecular weight is 189 g/mol. The number of rotatable bonds is 1. The molecule has 0 aromatic carbocycles. The minimum atomic E-state index is -0.634. The second-order valence-electron chi connectivity index (χ2n) is 3.76. The molecule has 0 N–H and O–H groups in total. The summed E-state index contributed by atoms with van der Waals surface area (Å²) >= 11 is 6.19. The van der Waals surface area contributed by atoms with Crippen LogP contribution in [0.1, 0.15) is 25.7 Å². The first-order chi connectivity index (χ1) is 5.71. The van der Waals surface area contributed by atoms with Crippen LogP contribution in [0.4, 0.5) is 0 Å². The summed E-state index contributed by atoms with van der Waals surface area (Å²) in [6, 6.07) is 0. The van der Waals surface area contributed by atoms with Gasteiger partial charge in [-0.2, -0.15) is 0 Å². The van der Waals surface area contributed by atoms with E-state index in [9.17, 15) is 4.79 Å². The van der Waals surface area contributed by atoms with Crippen molar-refractivity contribution in [2.45, 2.75) is 30.6 Å². The highest BCUT2D eigenvalue weighted by molar-refractivity contribution is 6.37. The van der Waals surface area contributed by atoms with E-state index in [4.69, 9.17) is 16.3 Å². The van der Waals surface area contributed by atoms with Crippen molar-refractivity contribution in [1.29, 1.82) is 0 Å². The third-order valence-corrected chi connectivity index (χ3v) is 3.95. The van der Waals surface area contributed by atoms with Crippen molar-refractivity contribution in [3.05, 3.63) is 0 Å². The predicted octanol–water partition coefficient (Wildman–Crippen LogP) is 1.96. The maximum Gasteiger partial charge on any atom is 0.327 e. The van der Waals surface area contributed by atoms with E-state index in [0.717, 1.165) is 12.8 Å². The number of carbonyl (C=O) groups excluding carboxylic acids is 1. The molecule has 0 radical (unpaired) electrons. The highest BCUT2D eigenvalue weighted by Gasteiger charge is 2.69. The van der Waals surface area contributed by atoms with Crippen LogP contribution >= 0.6 is 11.6 Å². The van der Waals surface area contributed by atoms with Crippen molar-refractivity contribution in [2.24, 2.45) is 11.8 Å². The molecule has 0 aromatic rings. The van der Waals surface area contributed by atoms with Gasteiger partial charge in [0.2, 0.25) is 0 Å². The zero-order valence-electron chi connectivity index (χ0n) is 7.18. The molecule has 3 heteroatoms. The van der Waals surface area contributed by atoms with Gasteiger partial charge in [-0.15, -0.1) is 11.6 Å². The molecule has 12 heavy (non-hydrogen) atoms. The fourth-order valence-electron chi connectivity index (χ4n) is 2.51. The summed E-state index contributed by atoms with van der Waals surface area (Å²) in [7, 11) is 1.41. The fourth-order valence-corrected chi connectivity index (χ4v) is 3.05. The topological polar surface area (TPSA) is 26.3 Å². The van der Waals surface area contributed by atoms with Gasteiger partial charge in [0.15, 0.2) is 0 Å². The maximum absolute atomic E-state index is 11.3. The molecule has 68 valence electrons. The molecule has 0 spiro atoms. The summed E-state index contributed by atoms with van der Waals surface area (Å²) in [6.07, 6.45) is 4.63. The monoisotopic (exact) mass is 188 g/mol. The lowest BCUT2D eigenvalue weighted by atomic mass is 10.0. The van der Waals surface area contributed by atoms with Gasteiger partial charge in [0.05, 0.1) is 7.11 Å². The SMILES string of the molecule is COC(=O)C1(Cl)[C@@H]2CCCC[C@H]21. The number of esters is 1. The molecule has 0 bridgehead atoms. The summed E-state index contributed by atoms with van der Waals surface area (Å²) < 4.78 is 4.70. The summed E-state index contributed by atoms with van der Waals surface area (Å²) in [6.45, 7) is 0. The lowest BCUT2D eigenvalue weighted by Gasteiger charge is -2.04. The van der Waals surface area contributed by atoms with E-state index < -0.39 is 4.87 Å². The molecule has 0 aliphatic heterocycles. The molecule has 2 atom stereocenters. The van der Waals surface area contributed by atoms with Gasteiger partial charge in [-0.1, -0.05) is 12.8 Å². The Bertz CT molecular complexity index is 203. The number of hydrogen-bond acceptors (Lipinski definition) is 2. The zero-order valence-corrected chi connectivity index (χ0v) is 7.93. The Kier molecular flexibility index (Phi) is 1.83. The van der Waals surface area contributed by atoms with Crippen molar-refractivity contribution in [3.63, 3.8) is 0 Å². The molecular weight excluding hydrogens is 176 g/mol. The van der Waals surface area contributed by atoms with E-state index in [1.54, 1.807) is 0 Å². The van der Waals surface area contributed by atoms with Crippen LogP contribution in [0.15, 0.2) is 0 Å². The second kappa shape index (κ2) is 2.63. The zero-order chi connectivity index (χ0) is 8.77. The van der Waals surface area contributed by atoms with Crippen LogP contribution in [0.25, 0.3) is 0 Å². The Hall–Kier alpha value is -0.240. The molecule has 2 fully saturated rings. The first kappa shape index (κ1) is 8.36. The van der Waals surface area contributed by atoms with Gasteiger partial charge in [0.1, 0.15) is 4.87 Å². The molecule has 2 aliphatic carbocycles. The summed E-state index contributed by atoms with van der Waals surface area (Å²) in [5.41, 5.74) is 0. The lowest BCUT2D eigenvalue weighted by molar-refractivity contribution is -0.141. The summed E-state index contributed by atoms with van der Waals surface area (Å²) in [5, 5.41) is 0. The summed E-state index contributed by atoms with van der Waals surface area (Å²) in [5.74, 6) is 0.585. The third-order valence-electron chi connectivity index (χ3n) is 3.23. The van der Waals surface area contributed by atoms with E-state index in [2.05, 4.69) is 0 Å². The van der Waals surface area contributed by atoms with Crippen LogP contribution in [0.5, 0.6) is 0 Å². The lowest BCUT2D eigenvalue weighted by Crippen LogP contribution is -2.21. The van der Waals surface area contributed by atoms with Gasteiger partial charge >= 0.3 is 5.97 Å². The third kappa shape index (κ3) is 0.905. The Morgan fingerprint density at radius 3 is 2.33 bits per heavy atom. The first-order valence-corrected chi connectivity index (χ1v) is 4.86. The number of carbonyl (C=O) groups is 1. The predicted molar refractivity (Wildman–Crippen MR) is 46.0 cm³/mol. The molecule has 0 aromatic heterocycles. The molecule has 2 aliphatic rings. The molecular formula is C9H13ClO2. The van der Waals surface area contributed by atoms with Gasteiger partial charge in [-0.25, -0.2) is 0 Å². The van der Waals surface area contributed by atoms with Crippen LogP contribution in [0, 0.1) is 11.8 Å². The minimum absolute atomic E-state index is 0.221. The normalized spacial score (nSPS) is 44.8. The molecule has 2 saturated carbocycles. The van der Waals surface area contributed by atoms with Gasteiger partial charge in [-0.05, 0) is 24.7 Å². The van der Waals surface area contributed by atoms with Crippen LogP contribution in [0.2, 0.25) is 0 Å². The number of ether oxygens (including phenoxy) is 1. The molecule has 0 amide bonds. The van der Waals surface area contributed by atoms with Crippen molar-refractivity contribution in [2.75, 3.05) is 7.11 Å². The Morgan fingerprint density at radius 1 is 1.42 bits per heavy atom. The first-order valence-electron chi connectivity index (χ1n) is 4.48. The largest absolute Gasteiger partial charge is 0.468 e. The number of fused-ring (bicyclic) bond motifs is 1. The summed E-state index contributed by atoms with van der Waals surface area (Å²) in [4.78, 5) is 10.7. The van der Waals surface area contributed by atoms with E-state index in [-0.39, 0.29) is 5.97 Å². The van der Waals surface area contributed by atoms with Crippen LogP contribution in [0.3, 0.4) is 0 Å². The fraction of sp³-hybridized carbons (Fsp3) is 0.889. The van der Waals surface area contributed by atoms with E-state index in [1.807, 2.05) is 0 Å². The number of alkyl halides is 1. The van der Waals surface area contributed by atoms with Gasteiger partial charge in [-0.3, -0.25) is 4.79 Å². The van der Waals surface area contributed by atoms with E-state index in [0.29, 0.717) is 11.8 Å². The Labute approximate surface area is 77.2 Å². The quantitative estimate of drug-likeness (QED) is 0.465. The van der Waals surface area contributed by atoms with Gasteiger partial charge < -0.3 is 4.74 Å². The van der Waals surface area contributed by atoms with Crippen molar-refractivity contribution in [1.82, 2.24) is 0 Å².